The van der Waals surface area contributed by atoms with E-state index in [0.29, 0.717) is 0 Å². The highest BCUT2D eigenvalue weighted by atomic mass is 16.5. The molecule has 2 rings (SSSR count). The zero-order valence-corrected chi connectivity index (χ0v) is 10.1. The molecule has 2 nitrogen and oxygen atoms in total. The molecule has 2 aromatic carbocycles. The predicted octanol–water partition coefficient (Wildman–Crippen LogP) is 2.95. The average molecular weight is 228 g/mol. The average Bonchev–Trinajstić information content (AvgIpc) is 2.40. The first-order valence-electron chi connectivity index (χ1n) is 5.57. The predicted molar refractivity (Wildman–Crippen MR) is 68.1 cm³/mol. The maximum Gasteiger partial charge on any atom is 0.118 e. The summed E-state index contributed by atoms with van der Waals surface area (Å²) in [6.07, 6.45) is 0. The van der Waals surface area contributed by atoms with Gasteiger partial charge in [-0.3, -0.25) is 0 Å². The lowest BCUT2D eigenvalue weighted by atomic mass is 9.88. The second kappa shape index (κ2) is 4.60. The van der Waals surface area contributed by atoms with Crippen LogP contribution < -0.4 is 4.74 Å². The normalized spacial score (nSPS) is 14.1. The number of hydrogen-bond donors (Lipinski definition) is 1. The fraction of sp³-hybridized carbons (Fsp3) is 0.200. The van der Waals surface area contributed by atoms with Gasteiger partial charge in [0, 0.05) is 0 Å². The molecule has 88 valence electrons. The quantitative estimate of drug-likeness (QED) is 0.875. The number of ether oxygens (including phenoxy) is 1. The van der Waals surface area contributed by atoms with Crippen molar-refractivity contribution in [2.45, 2.75) is 12.5 Å². The van der Waals surface area contributed by atoms with Gasteiger partial charge >= 0.3 is 0 Å². The minimum atomic E-state index is -0.979. The monoisotopic (exact) mass is 228 g/mol. The van der Waals surface area contributed by atoms with E-state index in [1.807, 2.05) is 54.6 Å². The van der Waals surface area contributed by atoms with Crippen LogP contribution in [0.25, 0.3) is 0 Å². The third-order valence-corrected chi connectivity index (χ3v) is 2.99. The Hall–Kier alpha value is -1.80. The first kappa shape index (κ1) is 11.7. The Labute approximate surface area is 101 Å². The summed E-state index contributed by atoms with van der Waals surface area (Å²) < 4.78 is 5.11. The van der Waals surface area contributed by atoms with E-state index >= 15 is 0 Å². The van der Waals surface area contributed by atoms with Crippen LogP contribution in [0.15, 0.2) is 54.6 Å². The van der Waals surface area contributed by atoms with E-state index in [-0.39, 0.29) is 0 Å². The molecule has 0 aliphatic rings. The summed E-state index contributed by atoms with van der Waals surface area (Å²) in [6.45, 7) is 1.80. The van der Waals surface area contributed by atoms with Gasteiger partial charge in [0.1, 0.15) is 11.4 Å². The molecule has 2 heteroatoms. The maximum atomic E-state index is 10.6. The molecule has 0 saturated heterocycles. The largest absolute Gasteiger partial charge is 0.497 e. The zero-order valence-electron chi connectivity index (χ0n) is 10.1. The highest BCUT2D eigenvalue weighted by Crippen LogP contribution is 2.29. The number of hydrogen-bond acceptors (Lipinski definition) is 2. The number of benzene rings is 2. The van der Waals surface area contributed by atoms with E-state index in [4.69, 9.17) is 4.74 Å². The van der Waals surface area contributed by atoms with E-state index in [1.54, 1.807) is 14.0 Å². The molecule has 1 N–H and O–H groups in total. The van der Waals surface area contributed by atoms with Gasteiger partial charge in [-0.2, -0.15) is 0 Å². The second-order valence-electron chi connectivity index (χ2n) is 4.17. The first-order valence-corrected chi connectivity index (χ1v) is 5.57. The van der Waals surface area contributed by atoms with Crippen LogP contribution in [0.2, 0.25) is 0 Å². The Morgan fingerprint density at radius 2 is 1.41 bits per heavy atom. The van der Waals surface area contributed by atoms with Crippen LogP contribution in [0.1, 0.15) is 18.1 Å². The van der Waals surface area contributed by atoms with Gasteiger partial charge in [0.25, 0.3) is 0 Å². The molecule has 0 amide bonds. The Balaban J connectivity index is 2.37. The topological polar surface area (TPSA) is 29.5 Å². The van der Waals surface area contributed by atoms with Crippen molar-refractivity contribution < 1.29 is 9.84 Å². The van der Waals surface area contributed by atoms with Crippen molar-refractivity contribution in [3.8, 4) is 5.75 Å². The van der Waals surface area contributed by atoms with E-state index in [9.17, 15) is 5.11 Å². The lowest BCUT2D eigenvalue weighted by Crippen LogP contribution is -2.22. The fourth-order valence-electron chi connectivity index (χ4n) is 1.84. The Morgan fingerprint density at radius 1 is 0.882 bits per heavy atom. The summed E-state index contributed by atoms with van der Waals surface area (Å²) in [6, 6.07) is 17.1. The Morgan fingerprint density at radius 3 is 1.94 bits per heavy atom. The van der Waals surface area contributed by atoms with Gasteiger partial charge in [0.15, 0.2) is 0 Å². The van der Waals surface area contributed by atoms with Gasteiger partial charge in [-0.15, -0.1) is 0 Å². The van der Waals surface area contributed by atoms with Gasteiger partial charge in [-0.05, 0) is 30.2 Å². The van der Waals surface area contributed by atoms with E-state index in [2.05, 4.69) is 0 Å². The third-order valence-electron chi connectivity index (χ3n) is 2.99. The van der Waals surface area contributed by atoms with Gasteiger partial charge in [-0.25, -0.2) is 0 Å². The van der Waals surface area contributed by atoms with E-state index in [0.717, 1.165) is 16.9 Å². The molecule has 0 unspecified atom stereocenters. The third kappa shape index (κ3) is 2.32. The molecular weight excluding hydrogens is 212 g/mol. The lowest BCUT2D eigenvalue weighted by molar-refractivity contribution is 0.102. The molecule has 0 spiro atoms. The van der Waals surface area contributed by atoms with Crippen LogP contribution in [0.3, 0.4) is 0 Å². The van der Waals surface area contributed by atoms with Crippen LogP contribution >= 0.6 is 0 Å². The minimum absolute atomic E-state index is 0.789. The van der Waals surface area contributed by atoms with Gasteiger partial charge < -0.3 is 9.84 Å². The van der Waals surface area contributed by atoms with Gasteiger partial charge in [-0.1, -0.05) is 42.5 Å². The molecule has 1 atom stereocenters. The van der Waals surface area contributed by atoms with Crippen molar-refractivity contribution in [1.82, 2.24) is 0 Å². The van der Waals surface area contributed by atoms with Crippen molar-refractivity contribution in [1.29, 1.82) is 0 Å². The molecule has 0 saturated carbocycles. The summed E-state index contributed by atoms with van der Waals surface area (Å²) in [4.78, 5) is 0. The van der Waals surface area contributed by atoms with Crippen molar-refractivity contribution in [2.24, 2.45) is 0 Å². The molecule has 0 radical (unpaired) electrons. The Kier molecular flexibility index (Phi) is 3.16. The summed E-state index contributed by atoms with van der Waals surface area (Å²) in [7, 11) is 1.63. The molecule has 17 heavy (non-hydrogen) atoms. The highest BCUT2D eigenvalue weighted by molar-refractivity contribution is 5.37. The fourth-order valence-corrected chi connectivity index (χ4v) is 1.84. The Bertz CT molecular complexity index is 472. The SMILES string of the molecule is COc1ccc([C@@](C)(O)c2ccccc2)cc1. The van der Waals surface area contributed by atoms with E-state index in [1.165, 1.54) is 0 Å². The standard InChI is InChI=1S/C15H16O2/c1-15(16,12-6-4-3-5-7-12)13-8-10-14(17-2)11-9-13/h3-11,16H,1-2H3/t15-/m0/s1. The van der Waals surface area contributed by atoms with Crippen LogP contribution in [0, 0.1) is 0 Å². The summed E-state index contributed by atoms with van der Waals surface area (Å²) >= 11 is 0. The second-order valence-corrected chi connectivity index (χ2v) is 4.17. The smallest absolute Gasteiger partial charge is 0.118 e. The van der Waals surface area contributed by atoms with Gasteiger partial charge in [0.05, 0.1) is 7.11 Å². The zero-order chi connectivity index (χ0) is 12.3. The molecular formula is C15H16O2. The lowest BCUT2D eigenvalue weighted by Gasteiger charge is -2.24. The first-order chi connectivity index (χ1) is 8.14. The van der Waals surface area contributed by atoms with Crippen LogP contribution in [0.4, 0.5) is 0 Å². The molecule has 0 heterocycles. The van der Waals surface area contributed by atoms with Gasteiger partial charge in [0.2, 0.25) is 0 Å². The van der Waals surface area contributed by atoms with Crippen LogP contribution in [-0.4, -0.2) is 12.2 Å². The molecule has 2 aromatic rings. The molecule has 0 aliphatic heterocycles. The number of rotatable bonds is 3. The summed E-state index contributed by atoms with van der Waals surface area (Å²) in [5.41, 5.74) is 0.753. The maximum absolute atomic E-state index is 10.6. The summed E-state index contributed by atoms with van der Waals surface area (Å²) in [5, 5.41) is 10.6. The minimum Gasteiger partial charge on any atom is -0.497 e. The van der Waals surface area contributed by atoms with Crippen molar-refractivity contribution in [3.63, 3.8) is 0 Å². The van der Waals surface area contributed by atoms with Crippen LogP contribution in [-0.2, 0) is 5.60 Å². The van der Waals surface area contributed by atoms with Crippen LogP contribution in [0.5, 0.6) is 5.75 Å². The van der Waals surface area contributed by atoms with Crippen molar-refractivity contribution in [2.75, 3.05) is 7.11 Å². The molecule has 0 bridgehead atoms. The van der Waals surface area contributed by atoms with Crippen molar-refractivity contribution in [3.05, 3.63) is 65.7 Å². The molecule has 0 aromatic heterocycles. The van der Waals surface area contributed by atoms with E-state index < -0.39 is 5.60 Å². The summed E-state index contributed by atoms with van der Waals surface area (Å²) in [5.74, 6) is 0.789. The number of methoxy groups -OCH3 is 1. The molecule has 0 fully saturated rings. The van der Waals surface area contributed by atoms with Crippen molar-refractivity contribution >= 4 is 0 Å². The molecule has 0 aliphatic carbocycles. The number of aliphatic hydroxyl groups is 1. The highest BCUT2D eigenvalue weighted by Gasteiger charge is 2.24.